The lowest BCUT2D eigenvalue weighted by molar-refractivity contribution is 0.188. The Labute approximate surface area is 70.8 Å². The molecule has 0 aliphatic carbocycles. The third kappa shape index (κ3) is 1.98. The fourth-order valence-corrected chi connectivity index (χ4v) is 0.790. The van der Waals surface area contributed by atoms with Crippen LogP contribution in [0.5, 0.6) is 0 Å². The summed E-state index contributed by atoms with van der Waals surface area (Å²) in [5.41, 5.74) is 6.13. The Kier molecular flexibility index (Phi) is 2.38. The average molecular weight is 169 g/mol. The van der Waals surface area contributed by atoms with Gasteiger partial charge in [0.25, 0.3) is 0 Å². The van der Waals surface area contributed by atoms with E-state index in [4.69, 9.17) is 5.73 Å². The number of nitrogens with two attached hydrogens (primary N) is 1. The van der Waals surface area contributed by atoms with Crippen LogP contribution in [0.1, 0.15) is 25.2 Å². The maximum Gasteiger partial charge on any atom is 0.216 e. The molecular formula is C8H12FN3. The predicted molar refractivity (Wildman–Crippen MR) is 44.1 cm³/mol. The van der Waals surface area contributed by atoms with E-state index in [1.807, 2.05) is 6.92 Å². The number of halogens is 1. The first-order chi connectivity index (χ1) is 5.54. The number of aromatic nitrogens is 2. The summed E-state index contributed by atoms with van der Waals surface area (Å²) >= 11 is 0. The largest absolute Gasteiger partial charge is 0.293 e. The molecule has 0 aromatic carbocycles. The van der Waals surface area contributed by atoms with Crippen molar-refractivity contribution in [1.82, 2.24) is 9.97 Å². The Hall–Kier alpha value is -1.03. The van der Waals surface area contributed by atoms with Gasteiger partial charge < -0.3 is 0 Å². The van der Waals surface area contributed by atoms with Crippen molar-refractivity contribution in [3.8, 4) is 0 Å². The maximum atomic E-state index is 13.0. The normalized spacial score (nSPS) is 15.7. The first-order valence-electron chi connectivity index (χ1n) is 3.83. The maximum absolute atomic E-state index is 13.0. The van der Waals surface area contributed by atoms with Crippen LogP contribution in [-0.4, -0.2) is 9.97 Å². The lowest BCUT2D eigenvalue weighted by Gasteiger charge is -2.11. The van der Waals surface area contributed by atoms with Gasteiger partial charge in [-0.15, -0.1) is 0 Å². The third-order valence-corrected chi connectivity index (χ3v) is 1.55. The summed E-state index contributed by atoms with van der Waals surface area (Å²) in [6, 6.07) is 0. The van der Waals surface area contributed by atoms with Crippen molar-refractivity contribution in [3.63, 3.8) is 0 Å². The number of hydrogen-bond acceptors (Lipinski definition) is 3. The summed E-state index contributed by atoms with van der Waals surface area (Å²) in [7, 11) is 0. The standard InChI is InChI=1S/C8H12FN3/c1-3-6-4-11-7(12-5-6)8(2,9)10/h4-5H,3,10H2,1-2H3. The van der Waals surface area contributed by atoms with E-state index in [1.165, 1.54) is 6.92 Å². The van der Waals surface area contributed by atoms with Gasteiger partial charge >= 0.3 is 0 Å². The third-order valence-electron chi connectivity index (χ3n) is 1.55. The van der Waals surface area contributed by atoms with Crippen molar-refractivity contribution in [2.75, 3.05) is 0 Å². The van der Waals surface area contributed by atoms with Gasteiger partial charge in [0.1, 0.15) is 0 Å². The van der Waals surface area contributed by atoms with Crippen molar-refractivity contribution in [1.29, 1.82) is 0 Å². The van der Waals surface area contributed by atoms with Crippen LogP contribution in [0, 0.1) is 0 Å². The van der Waals surface area contributed by atoms with E-state index in [9.17, 15) is 4.39 Å². The summed E-state index contributed by atoms with van der Waals surface area (Å²) in [6.07, 6.45) is 4.02. The van der Waals surface area contributed by atoms with E-state index in [1.54, 1.807) is 12.4 Å². The second-order valence-electron chi connectivity index (χ2n) is 2.84. The van der Waals surface area contributed by atoms with Crippen LogP contribution in [-0.2, 0) is 12.2 Å². The predicted octanol–water partition coefficient (Wildman–Crippen LogP) is 1.14. The van der Waals surface area contributed by atoms with Crippen LogP contribution in [0.4, 0.5) is 4.39 Å². The first-order valence-corrected chi connectivity index (χ1v) is 3.83. The molecular weight excluding hydrogens is 157 g/mol. The zero-order valence-corrected chi connectivity index (χ0v) is 7.21. The van der Waals surface area contributed by atoms with Crippen molar-refractivity contribution >= 4 is 0 Å². The zero-order valence-electron chi connectivity index (χ0n) is 7.21. The molecule has 4 heteroatoms. The zero-order chi connectivity index (χ0) is 9.19. The topological polar surface area (TPSA) is 51.8 Å². The molecule has 0 spiro atoms. The highest BCUT2D eigenvalue weighted by atomic mass is 19.1. The highest BCUT2D eigenvalue weighted by Crippen LogP contribution is 2.13. The molecule has 0 aliphatic heterocycles. The van der Waals surface area contributed by atoms with Crippen molar-refractivity contribution in [3.05, 3.63) is 23.8 Å². The molecule has 2 N–H and O–H groups in total. The van der Waals surface area contributed by atoms with E-state index < -0.39 is 5.79 Å². The summed E-state index contributed by atoms with van der Waals surface area (Å²) in [5, 5.41) is 0. The fraction of sp³-hybridized carbons (Fsp3) is 0.500. The highest BCUT2D eigenvalue weighted by Gasteiger charge is 2.22. The van der Waals surface area contributed by atoms with Crippen LogP contribution in [0.15, 0.2) is 12.4 Å². The number of nitrogens with zero attached hydrogens (tertiary/aromatic N) is 2. The Morgan fingerprint density at radius 3 is 2.33 bits per heavy atom. The van der Waals surface area contributed by atoms with Crippen LogP contribution < -0.4 is 5.73 Å². The van der Waals surface area contributed by atoms with Crippen LogP contribution in [0.2, 0.25) is 0 Å². The molecule has 1 heterocycles. The molecule has 1 unspecified atom stereocenters. The van der Waals surface area contributed by atoms with Gasteiger partial charge in [-0.2, -0.15) is 0 Å². The lowest BCUT2D eigenvalue weighted by Crippen LogP contribution is -2.29. The molecule has 1 rings (SSSR count). The van der Waals surface area contributed by atoms with E-state index >= 15 is 0 Å². The smallest absolute Gasteiger partial charge is 0.216 e. The van der Waals surface area contributed by atoms with Gasteiger partial charge in [-0.3, -0.25) is 5.73 Å². The molecule has 0 radical (unpaired) electrons. The molecule has 0 bridgehead atoms. The summed E-state index contributed by atoms with van der Waals surface area (Å²) in [5.74, 6) is -1.91. The first kappa shape index (κ1) is 9.06. The van der Waals surface area contributed by atoms with E-state index in [0.717, 1.165) is 12.0 Å². The van der Waals surface area contributed by atoms with Crippen molar-refractivity contribution in [2.45, 2.75) is 26.1 Å². The van der Waals surface area contributed by atoms with Gasteiger partial charge in [-0.25, -0.2) is 14.4 Å². The SMILES string of the molecule is CCc1cnc(C(C)(N)F)nc1. The van der Waals surface area contributed by atoms with Gasteiger partial charge in [0.2, 0.25) is 5.79 Å². The molecule has 0 saturated heterocycles. The minimum atomic E-state index is -1.94. The number of alkyl halides is 1. The summed E-state index contributed by atoms with van der Waals surface area (Å²) in [6.45, 7) is 3.21. The summed E-state index contributed by atoms with van der Waals surface area (Å²) in [4.78, 5) is 7.62. The van der Waals surface area contributed by atoms with Crippen LogP contribution in [0.25, 0.3) is 0 Å². The molecule has 0 amide bonds. The molecule has 1 aromatic heterocycles. The second-order valence-corrected chi connectivity index (χ2v) is 2.84. The van der Waals surface area contributed by atoms with Crippen LogP contribution >= 0.6 is 0 Å². The molecule has 66 valence electrons. The fourth-order valence-electron chi connectivity index (χ4n) is 0.790. The van der Waals surface area contributed by atoms with E-state index in [0.29, 0.717) is 0 Å². The van der Waals surface area contributed by atoms with Crippen molar-refractivity contribution < 1.29 is 4.39 Å². The Morgan fingerprint density at radius 2 is 2.00 bits per heavy atom. The monoisotopic (exact) mass is 169 g/mol. The molecule has 1 aromatic rings. The van der Waals surface area contributed by atoms with E-state index in [2.05, 4.69) is 9.97 Å². The van der Waals surface area contributed by atoms with Gasteiger partial charge in [-0.05, 0) is 18.9 Å². The molecule has 0 aliphatic rings. The van der Waals surface area contributed by atoms with Crippen LogP contribution in [0.3, 0.4) is 0 Å². The van der Waals surface area contributed by atoms with Gasteiger partial charge in [-0.1, -0.05) is 6.92 Å². The highest BCUT2D eigenvalue weighted by molar-refractivity contribution is 5.07. The molecule has 0 saturated carbocycles. The van der Waals surface area contributed by atoms with Crippen molar-refractivity contribution in [2.24, 2.45) is 5.73 Å². The second kappa shape index (κ2) is 3.15. The molecule has 0 fully saturated rings. The van der Waals surface area contributed by atoms with Gasteiger partial charge in [0.15, 0.2) is 5.82 Å². The summed E-state index contributed by atoms with van der Waals surface area (Å²) < 4.78 is 13.0. The van der Waals surface area contributed by atoms with Gasteiger partial charge in [0, 0.05) is 12.4 Å². The Morgan fingerprint density at radius 1 is 1.50 bits per heavy atom. The molecule has 3 nitrogen and oxygen atoms in total. The molecule has 12 heavy (non-hydrogen) atoms. The lowest BCUT2D eigenvalue weighted by atomic mass is 10.2. The number of hydrogen-bond donors (Lipinski definition) is 1. The quantitative estimate of drug-likeness (QED) is 0.675. The van der Waals surface area contributed by atoms with E-state index in [-0.39, 0.29) is 5.82 Å². The van der Waals surface area contributed by atoms with Gasteiger partial charge in [0.05, 0.1) is 0 Å². The Balaban J connectivity index is 2.93. The minimum absolute atomic E-state index is 0.0275. The number of aryl methyl sites for hydroxylation is 1. The Bertz CT molecular complexity index is 250. The molecule has 1 atom stereocenters. The average Bonchev–Trinajstić information content (AvgIpc) is 2.03. The number of rotatable bonds is 2. The minimum Gasteiger partial charge on any atom is -0.293 e.